The van der Waals surface area contributed by atoms with Gasteiger partial charge in [-0.15, -0.1) is 0 Å². The number of hydrogen-bond acceptors (Lipinski definition) is 4. The SMILES string of the molecule is N[C@@H](CS)C(=O)[O-].[Au+]. The first-order valence-electron chi connectivity index (χ1n) is 1.75. The van der Waals surface area contributed by atoms with Crippen molar-refractivity contribution < 1.29 is 32.3 Å². The third kappa shape index (κ3) is 4.67. The van der Waals surface area contributed by atoms with E-state index in [1.807, 2.05) is 0 Å². The maximum atomic E-state index is 9.65. The van der Waals surface area contributed by atoms with E-state index in [4.69, 9.17) is 5.73 Å². The van der Waals surface area contributed by atoms with Crippen LogP contribution in [-0.4, -0.2) is 17.8 Å². The Hall–Kier alpha value is 0.520. The van der Waals surface area contributed by atoms with Gasteiger partial charge in [-0.1, -0.05) is 0 Å². The number of carboxylic acid groups (broad SMARTS) is 1. The maximum Gasteiger partial charge on any atom is 1.00 e. The fourth-order valence-corrected chi connectivity index (χ4v) is 0.224. The minimum Gasteiger partial charge on any atom is -0.548 e. The van der Waals surface area contributed by atoms with Crippen LogP contribution in [0.2, 0.25) is 0 Å². The smallest absolute Gasteiger partial charge is 0.548 e. The minimum atomic E-state index is -1.25. The molecule has 0 rings (SSSR count). The Morgan fingerprint density at radius 2 is 2.25 bits per heavy atom. The van der Waals surface area contributed by atoms with Crippen molar-refractivity contribution in [3.05, 3.63) is 0 Å². The van der Waals surface area contributed by atoms with Gasteiger partial charge in [0.05, 0.1) is 12.0 Å². The van der Waals surface area contributed by atoms with Crippen LogP contribution in [0.4, 0.5) is 0 Å². The molecule has 0 spiro atoms. The van der Waals surface area contributed by atoms with Crippen LogP contribution in [-0.2, 0) is 27.2 Å². The van der Waals surface area contributed by atoms with Gasteiger partial charge >= 0.3 is 22.4 Å². The maximum absolute atomic E-state index is 9.65. The molecule has 0 aliphatic rings. The molecule has 0 aromatic heterocycles. The third-order valence-corrected chi connectivity index (χ3v) is 0.893. The molecule has 0 aliphatic carbocycles. The molecule has 1 atom stereocenters. The van der Waals surface area contributed by atoms with E-state index in [1.54, 1.807) is 0 Å². The molecule has 5 heteroatoms. The van der Waals surface area contributed by atoms with Crippen LogP contribution in [0.25, 0.3) is 0 Å². The van der Waals surface area contributed by atoms with E-state index in [-0.39, 0.29) is 28.1 Å². The summed E-state index contributed by atoms with van der Waals surface area (Å²) in [5.74, 6) is -1.13. The molecule has 3 nitrogen and oxygen atoms in total. The Morgan fingerprint density at radius 3 is 2.25 bits per heavy atom. The molecule has 0 amide bonds. The van der Waals surface area contributed by atoms with Gasteiger partial charge in [-0.2, -0.15) is 12.6 Å². The van der Waals surface area contributed by atoms with Crippen LogP contribution >= 0.6 is 12.6 Å². The van der Waals surface area contributed by atoms with E-state index in [2.05, 4.69) is 12.6 Å². The average molecular weight is 317 g/mol. The molecule has 0 heterocycles. The Balaban J connectivity index is 0. The average Bonchev–Trinajstić information content (AvgIpc) is 1.65. The second-order valence-electron chi connectivity index (χ2n) is 1.11. The molecule has 52 valence electrons. The van der Waals surface area contributed by atoms with Crippen LogP contribution in [0.5, 0.6) is 0 Å². The van der Waals surface area contributed by atoms with Crippen molar-refractivity contribution in [2.24, 2.45) is 5.73 Å². The molecule has 0 fully saturated rings. The fraction of sp³-hybridized carbons (Fsp3) is 0.667. The number of thiol groups is 1. The number of carbonyl (C=O) groups excluding carboxylic acids is 1. The molecule has 0 unspecified atom stereocenters. The first kappa shape index (κ1) is 11.3. The van der Waals surface area contributed by atoms with Crippen molar-refractivity contribution in [1.29, 1.82) is 0 Å². The topological polar surface area (TPSA) is 66.2 Å². The Bertz CT molecular complexity index is 79.7. The summed E-state index contributed by atoms with van der Waals surface area (Å²) in [7, 11) is 0. The molecule has 0 saturated carbocycles. The van der Waals surface area contributed by atoms with Crippen LogP contribution in [0.1, 0.15) is 0 Å². The molecule has 0 aromatic rings. The second-order valence-corrected chi connectivity index (χ2v) is 1.47. The zero-order valence-electron chi connectivity index (χ0n) is 3.93. The zero-order chi connectivity index (χ0) is 5.86. The van der Waals surface area contributed by atoms with Crippen LogP contribution in [0.15, 0.2) is 0 Å². The zero-order valence-corrected chi connectivity index (χ0v) is 6.99. The summed E-state index contributed by atoms with van der Waals surface area (Å²) >= 11 is 3.61. The Kier molecular flexibility index (Phi) is 8.01. The van der Waals surface area contributed by atoms with Gasteiger partial charge in [-0.05, 0) is 0 Å². The quantitative estimate of drug-likeness (QED) is 0.457. The number of aliphatic carboxylic acids is 1. The van der Waals surface area contributed by atoms with Gasteiger partial charge in [-0.3, -0.25) is 0 Å². The molecule has 0 aromatic carbocycles. The first-order valence-corrected chi connectivity index (χ1v) is 2.39. The van der Waals surface area contributed by atoms with Gasteiger partial charge < -0.3 is 15.6 Å². The van der Waals surface area contributed by atoms with E-state index in [0.717, 1.165) is 0 Å². The van der Waals surface area contributed by atoms with Gasteiger partial charge in [-0.25, -0.2) is 0 Å². The van der Waals surface area contributed by atoms with Crippen LogP contribution in [0.3, 0.4) is 0 Å². The normalized spacial score (nSPS) is 11.8. The van der Waals surface area contributed by atoms with Crippen molar-refractivity contribution in [2.75, 3.05) is 5.75 Å². The monoisotopic (exact) mass is 317 g/mol. The summed E-state index contributed by atoms with van der Waals surface area (Å²) in [6, 6.07) is -0.927. The van der Waals surface area contributed by atoms with Crippen LogP contribution in [0, 0.1) is 0 Å². The van der Waals surface area contributed by atoms with E-state index in [0.29, 0.717) is 0 Å². The largest absolute Gasteiger partial charge is 1.00 e. The summed E-state index contributed by atoms with van der Waals surface area (Å²) in [4.78, 5) is 9.65. The van der Waals surface area contributed by atoms with E-state index in [9.17, 15) is 9.90 Å². The number of nitrogens with two attached hydrogens (primary N) is 1. The molecular weight excluding hydrogens is 311 g/mol. The molecule has 0 aliphatic heterocycles. The third-order valence-electron chi connectivity index (χ3n) is 0.499. The Labute approximate surface area is 68.6 Å². The molecule has 0 radical (unpaired) electrons. The number of carbonyl (C=O) groups is 1. The van der Waals surface area contributed by atoms with Crippen molar-refractivity contribution >= 4 is 18.6 Å². The molecule has 8 heavy (non-hydrogen) atoms. The van der Waals surface area contributed by atoms with Gasteiger partial charge in [0, 0.05) is 5.75 Å². The van der Waals surface area contributed by atoms with Gasteiger partial charge in [0.25, 0.3) is 0 Å². The number of hydrogen-bond donors (Lipinski definition) is 2. The first-order chi connectivity index (χ1) is 3.18. The second kappa shape index (κ2) is 5.65. The van der Waals surface area contributed by atoms with Gasteiger partial charge in [0.1, 0.15) is 0 Å². The summed E-state index contributed by atoms with van der Waals surface area (Å²) in [5.41, 5.74) is 4.88. The Morgan fingerprint density at radius 1 is 1.88 bits per heavy atom. The number of carboxylic acids is 1. The standard InChI is InChI=1S/C3H7NO2S.Au/c4-2(1-7)3(5)6;/h2,7H,1,4H2,(H,5,6);/q;+1/p-1/t2-;/m0./s1. The predicted molar refractivity (Wildman–Crippen MR) is 26.8 cm³/mol. The van der Waals surface area contributed by atoms with E-state index < -0.39 is 12.0 Å². The van der Waals surface area contributed by atoms with Crippen LogP contribution < -0.4 is 10.8 Å². The predicted octanol–water partition coefficient (Wildman–Crippen LogP) is -2.01. The summed E-state index contributed by atoms with van der Waals surface area (Å²) in [6.45, 7) is 0. The van der Waals surface area contributed by atoms with Crippen molar-refractivity contribution in [2.45, 2.75) is 6.04 Å². The minimum absolute atomic E-state index is 0. The van der Waals surface area contributed by atoms with Crippen molar-refractivity contribution in [3.63, 3.8) is 0 Å². The molecule has 0 bridgehead atoms. The van der Waals surface area contributed by atoms with Crippen molar-refractivity contribution in [3.8, 4) is 0 Å². The summed E-state index contributed by atoms with van der Waals surface area (Å²) in [6.07, 6.45) is 0. The summed E-state index contributed by atoms with van der Waals surface area (Å²) in [5, 5.41) is 9.65. The molecular formula is C3H6AuNO2S. The van der Waals surface area contributed by atoms with E-state index in [1.165, 1.54) is 0 Å². The fourth-order valence-electron chi connectivity index (χ4n) is 0.0745. The molecule has 2 N–H and O–H groups in total. The van der Waals surface area contributed by atoms with Gasteiger partial charge in [0.15, 0.2) is 0 Å². The summed E-state index contributed by atoms with van der Waals surface area (Å²) < 4.78 is 0. The molecule has 0 saturated heterocycles. The van der Waals surface area contributed by atoms with Gasteiger partial charge in [0.2, 0.25) is 0 Å². The number of rotatable bonds is 2. The van der Waals surface area contributed by atoms with Crippen molar-refractivity contribution in [1.82, 2.24) is 0 Å². The van der Waals surface area contributed by atoms with E-state index >= 15 is 0 Å².